The van der Waals surface area contributed by atoms with Crippen LogP contribution in [0.1, 0.15) is 36.0 Å². The highest BCUT2D eigenvalue weighted by atomic mass is 16.2. The van der Waals surface area contributed by atoms with Gasteiger partial charge in [0.05, 0.1) is 6.54 Å². The molecule has 0 bridgehead atoms. The summed E-state index contributed by atoms with van der Waals surface area (Å²) >= 11 is 0. The molecular formula is C16H23N3O2. The lowest BCUT2D eigenvalue weighted by atomic mass is 9.98. The van der Waals surface area contributed by atoms with Crippen LogP contribution < -0.4 is 16.4 Å². The molecule has 1 fully saturated rings. The monoisotopic (exact) mass is 289 g/mol. The van der Waals surface area contributed by atoms with Gasteiger partial charge in [-0.3, -0.25) is 9.59 Å². The Balaban J connectivity index is 1.77. The molecule has 0 radical (unpaired) electrons. The predicted molar refractivity (Wildman–Crippen MR) is 81.7 cm³/mol. The standard InChI is InChI=1S/C16H23N3O2/c17-10-14(12-6-4-5-7-12)19-15(20)11-18-16(21)13-8-2-1-3-9-13/h1-3,8-9,12,14H,4-7,10-11,17H2,(H,18,21)(H,19,20). The number of hydrogen-bond acceptors (Lipinski definition) is 3. The molecule has 1 unspecified atom stereocenters. The van der Waals surface area contributed by atoms with Crippen molar-refractivity contribution in [3.63, 3.8) is 0 Å². The topological polar surface area (TPSA) is 84.2 Å². The Bertz CT molecular complexity index is 470. The summed E-state index contributed by atoms with van der Waals surface area (Å²) in [5, 5.41) is 5.56. The van der Waals surface area contributed by atoms with Crippen LogP contribution in [0.25, 0.3) is 0 Å². The zero-order valence-electron chi connectivity index (χ0n) is 12.2. The summed E-state index contributed by atoms with van der Waals surface area (Å²) < 4.78 is 0. The van der Waals surface area contributed by atoms with Crippen molar-refractivity contribution in [3.8, 4) is 0 Å². The number of benzene rings is 1. The highest BCUT2D eigenvalue weighted by Crippen LogP contribution is 2.27. The summed E-state index contributed by atoms with van der Waals surface area (Å²) in [7, 11) is 0. The van der Waals surface area contributed by atoms with E-state index in [1.165, 1.54) is 12.8 Å². The van der Waals surface area contributed by atoms with Gasteiger partial charge in [-0.15, -0.1) is 0 Å². The molecule has 1 aliphatic carbocycles. The molecule has 0 saturated heterocycles. The molecule has 1 saturated carbocycles. The van der Waals surface area contributed by atoms with Gasteiger partial charge in [0.2, 0.25) is 5.91 Å². The van der Waals surface area contributed by atoms with Crippen molar-refractivity contribution >= 4 is 11.8 Å². The highest BCUT2D eigenvalue weighted by molar-refractivity contribution is 5.96. The first-order valence-electron chi connectivity index (χ1n) is 7.53. The van der Waals surface area contributed by atoms with Crippen molar-refractivity contribution in [2.45, 2.75) is 31.7 Å². The molecule has 5 nitrogen and oxygen atoms in total. The highest BCUT2D eigenvalue weighted by Gasteiger charge is 2.25. The largest absolute Gasteiger partial charge is 0.350 e. The van der Waals surface area contributed by atoms with Gasteiger partial charge in [0.1, 0.15) is 0 Å². The third-order valence-corrected chi connectivity index (χ3v) is 4.01. The molecule has 1 atom stereocenters. The number of amides is 2. The van der Waals surface area contributed by atoms with Crippen LogP contribution in [0.15, 0.2) is 30.3 Å². The summed E-state index contributed by atoms with van der Waals surface area (Å²) in [6, 6.07) is 8.88. The van der Waals surface area contributed by atoms with E-state index in [0.717, 1.165) is 12.8 Å². The van der Waals surface area contributed by atoms with Crippen LogP contribution in [0.3, 0.4) is 0 Å². The zero-order valence-corrected chi connectivity index (χ0v) is 12.2. The van der Waals surface area contributed by atoms with E-state index < -0.39 is 0 Å². The molecule has 0 heterocycles. The smallest absolute Gasteiger partial charge is 0.251 e. The fourth-order valence-electron chi connectivity index (χ4n) is 2.84. The molecule has 1 aromatic rings. The molecule has 21 heavy (non-hydrogen) atoms. The summed E-state index contributed by atoms with van der Waals surface area (Å²) in [5.41, 5.74) is 6.30. The summed E-state index contributed by atoms with van der Waals surface area (Å²) in [5.74, 6) is 0.0568. The van der Waals surface area contributed by atoms with Crippen molar-refractivity contribution in [3.05, 3.63) is 35.9 Å². The second kappa shape index (κ2) is 7.78. The second-order valence-corrected chi connectivity index (χ2v) is 5.50. The minimum Gasteiger partial charge on any atom is -0.350 e. The van der Waals surface area contributed by atoms with Gasteiger partial charge >= 0.3 is 0 Å². The van der Waals surface area contributed by atoms with Gasteiger partial charge in [-0.05, 0) is 30.9 Å². The van der Waals surface area contributed by atoms with Crippen molar-refractivity contribution in [1.82, 2.24) is 10.6 Å². The second-order valence-electron chi connectivity index (χ2n) is 5.50. The van der Waals surface area contributed by atoms with Gasteiger partial charge < -0.3 is 16.4 Å². The maximum atomic E-state index is 11.9. The van der Waals surface area contributed by atoms with E-state index in [1.54, 1.807) is 24.3 Å². The first-order valence-corrected chi connectivity index (χ1v) is 7.53. The van der Waals surface area contributed by atoms with E-state index in [9.17, 15) is 9.59 Å². The normalized spacial score (nSPS) is 16.4. The maximum absolute atomic E-state index is 11.9. The van der Waals surface area contributed by atoms with Gasteiger partial charge in [0.25, 0.3) is 5.91 Å². The molecule has 2 rings (SSSR count). The van der Waals surface area contributed by atoms with Crippen LogP contribution in [0, 0.1) is 5.92 Å². The Hall–Kier alpha value is -1.88. The maximum Gasteiger partial charge on any atom is 0.251 e. The summed E-state index contributed by atoms with van der Waals surface area (Å²) in [6.07, 6.45) is 4.67. The first-order chi connectivity index (χ1) is 10.2. The van der Waals surface area contributed by atoms with Gasteiger partial charge in [-0.25, -0.2) is 0 Å². The molecule has 1 aliphatic rings. The Labute approximate surface area is 125 Å². The van der Waals surface area contributed by atoms with E-state index >= 15 is 0 Å². The van der Waals surface area contributed by atoms with Crippen LogP contribution >= 0.6 is 0 Å². The fourth-order valence-corrected chi connectivity index (χ4v) is 2.84. The van der Waals surface area contributed by atoms with Crippen LogP contribution in [0.5, 0.6) is 0 Å². The average Bonchev–Trinajstić information content (AvgIpc) is 3.05. The van der Waals surface area contributed by atoms with Crippen LogP contribution in [-0.2, 0) is 4.79 Å². The van der Waals surface area contributed by atoms with Crippen LogP contribution in [0.2, 0.25) is 0 Å². The van der Waals surface area contributed by atoms with E-state index in [0.29, 0.717) is 18.0 Å². The Morgan fingerprint density at radius 1 is 1.19 bits per heavy atom. The number of hydrogen-bond donors (Lipinski definition) is 3. The molecule has 0 aliphatic heterocycles. The number of nitrogens with one attached hydrogen (secondary N) is 2. The number of carbonyl (C=O) groups is 2. The summed E-state index contributed by atoms with van der Waals surface area (Å²) in [4.78, 5) is 23.8. The number of nitrogens with two attached hydrogens (primary N) is 1. The Kier molecular flexibility index (Phi) is 5.75. The molecule has 0 spiro atoms. The third kappa shape index (κ3) is 4.56. The number of rotatable bonds is 6. The van der Waals surface area contributed by atoms with Crippen molar-refractivity contribution in [2.24, 2.45) is 11.7 Å². The molecule has 1 aromatic carbocycles. The lowest BCUT2D eigenvalue weighted by Gasteiger charge is -2.23. The molecule has 4 N–H and O–H groups in total. The number of carbonyl (C=O) groups excluding carboxylic acids is 2. The van der Waals surface area contributed by atoms with E-state index in [4.69, 9.17) is 5.73 Å². The third-order valence-electron chi connectivity index (χ3n) is 4.01. The molecule has 114 valence electrons. The Morgan fingerprint density at radius 3 is 2.48 bits per heavy atom. The van der Waals surface area contributed by atoms with Crippen LogP contribution in [0.4, 0.5) is 0 Å². The lowest BCUT2D eigenvalue weighted by Crippen LogP contribution is -2.48. The van der Waals surface area contributed by atoms with Crippen molar-refractivity contribution in [2.75, 3.05) is 13.1 Å². The predicted octanol–water partition coefficient (Wildman–Crippen LogP) is 1.05. The SMILES string of the molecule is NCC(NC(=O)CNC(=O)c1ccccc1)C1CCCC1. The molecular weight excluding hydrogens is 266 g/mol. The molecule has 2 amide bonds. The van der Waals surface area contributed by atoms with Gasteiger partial charge in [0.15, 0.2) is 0 Å². The fraction of sp³-hybridized carbons (Fsp3) is 0.500. The summed E-state index contributed by atoms with van der Waals surface area (Å²) in [6.45, 7) is 0.431. The van der Waals surface area contributed by atoms with Crippen molar-refractivity contribution < 1.29 is 9.59 Å². The molecule has 5 heteroatoms. The van der Waals surface area contributed by atoms with Gasteiger partial charge in [0, 0.05) is 18.2 Å². The van der Waals surface area contributed by atoms with E-state index in [1.807, 2.05) is 6.07 Å². The molecule has 0 aromatic heterocycles. The first kappa shape index (κ1) is 15.5. The minimum absolute atomic E-state index is 0.0169. The van der Waals surface area contributed by atoms with Gasteiger partial charge in [-0.1, -0.05) is 31.0 Å². The lowest BCUT2D eigenvalue weighted by molar-refractivity contribution is -0.121. The quantitative estimate of drug-likeness (QED) is 0.732. The van der Waals surface area contributed by atoms with E-state index in [2.05, 4.69) is 10.6 Å². The van der Waals surface area contributed by atoms with E-state index in [-0.39, 0.29) is 24.4 Å². The Morgan fingerprint density at radius 2 is 1.86 bits per heavy atom. The van der Waals surface area contributed by atoms with Gasteiger partial charge in [-0.2, -0.15) is 0 Å². The van der Waals surface area contributed by atoms with Crippen molar-refractivity contribution in [1.29, 1.82) is 0 Å². The van der Waals surface area contributed by atoms with Crippen LogP contribution in [-0.4, -0.2) is 30.9 Å². The average molecular weight is 289 g/mol. The minimum atomic E-state index is -0.240. The zero-order chi connectivity index (χ0) is 15.1.